The van der Waals surface area contributed by atoms with E-state index in [0.29, 0.717) is 18.0 Å². The van der Waals surface area contributed by atoms with Crippen LogP contribution in [0.25, 0.3) is 0 Å². The van der Waals surface area contributed by atoms with Crippen molar-refractivity contribution in [2.45, 2.75) is 32.4 Å². The number of hydrogen-bond acceptors (Lipinski definition) is 4. The molecular weight excluding hydrogens is 270 g/mol. The molecule has 5 heteroatoms. The van der Waals surface area contributed by atoms with Gasteiger partial charge in [0.15, 0.2) is 11.5 Å². The summed E-state index contributed by atoms with van der Waals surface area (Å²) in [6.07, 6.45) is 1.82. The molecule has 2 rings (SSSR count). The lowest BCUT2D eigenvalue weighted by Crippen LogP contribution is -2.39. The van der Waals surface area contributed by atoms with E-state index < -0.39 is 0 Å². The second-order valence-electron chi connectivity index (χ2n) is 5.23. The molecule has 21 heavy (non-hydrogen) atoms. The fourth-order valence-electron chi connectivity index (χ4n) is 2.58. The molecule has 0 bridgehead atoms. The summed E-state index contributed by atoms with van der Waals surface area (Å²) < 4.78 is 16.0. The number of nitrogens with one attached hydrogen (secondary N) is 1. The summed E-state index contributed by atoms with van der Waals surface area (Å²) in [4.78, 5) is 12.2. The van der Waals surface area contributed by atoms with Gasteiger partial charge in [0.05, 0.1) is 26.2 Å². The van der Waals surface area contributed by atoms with Crippen LogP contribution in [0.5, 0.6) is 11.5 Å². The Kier molecular flexibility index (Phi) is 5.44. The maximum atomic E-state index is 12.2. The number of carbonyl (C=O) groups is 1. The third-order valence-electron chi connectivity index (χ3n) is 3.86. The fraction of sp³-hybridized carbons (Fsp3) is 0.562. The largest absolute Gasteiger partial charge is 0.493 e. The van der Waals surface area contributed by atoms with Crippen LogP contribution in [-0.4, -0.2) is 32.8 Å². The average molecular weight is 293 g/mol. The van der Waals surface area contributed by atoms with E-state index in [4.69, 9.17) is 14.2 Å². The summed E-state index contributed by atoms with van der Waals surface area (Å²) >= 11 is 0. The minimum atomic E-state index is -0.0566. The summed E-state index contributed by atoms with van der Waals surface area (Å²) in [7, 11) is 3.20. The maximum Gasteiger partial charge on any atom is 0.225 e. The smallest absolute Gasteiger partial charge is 0.225 e. The molecule has 1 amide bonds. The summed E-state index contributed by atoms with van der Waals surface area (Å²) in [6, 6.07) is 5.63. The molecule has 1 aromatic carbocycles. The Morgan fingerprint density at radius 3 is 2.76 bits per heavy atom. The maximum absolute atomic E-state index is 12.2. The molecule has 0 saturated carbocycles. The van der Waals surface area contributed by atoms with Crippen molar-refractivity contribution >= 4 is 5.91 Å². The van der Waals surface area contributed by atoms with Gasteiger partial charge in [-0.25, -0.2) is 0 Å². The van der Waals surface area contributed by atoms with Gasteiger partial charge >= 0.3 is 0 Å². The quantitative estimate of drug-likeness (QED) is 0.903. The van der Waals surface area contributed by atoms with Gasteiger partial charge in [0.25, 0.3) is 0 Å². The lowest BCUT2D eigenvalue weighted by atomic mass is 9.94. The van der Waals surface area contributed by atoms with Crippen LogP contribution in [0.15, 0.2) is 18.2 Å². The van der Waals surface area contributed by atoms with Crippen LogP contribution >= 0.6 is 0 Å². The first-order valence-electron chi connectivity index (χ1n) is 7.26. The number of hydrogen-bond donors (Lipinski definition) is 1. The van der Waals surface area contributed by atoms with E-state index in [1.807, 2.05) is 25.1 Å². The van der Waals surface area contributed by atoms with Crippen LogP contribution in [0.4, 0.5) is 0 Å². The Morgan fingerprint density at radius 2 is 2.10 bits per heavy atom. The zero-order valence-electron chi connectivity index (χ0n) is 12.8. The van der Waals surface area contributed by atoms with Crippen LogP contribution in [0.3, 0.4) is 0 Å². The Bertz CT molecular complexity index is 489. The van der Waals surface area contributed by atoms with E-state index in [2.05, 4.69) is 5.32 Å². The van der Waals surface area contributed by atoms with Crippen LogP contribution in [0.1, 0.15) is 25.3 Å². The first kappa shape index (κ1) is 15.6. The topological polar surface area (TPSA) is 56.8 Å². The van der Waals surface area contributed by atoms with Gasteiger partial charge in [-0.2, -0.15) is 0 Å². The van der Waals surface area contributed by atoms with Crippen molar-refractivity contribution in [3.63, 3.8) is 0 Å². The molecular formula is C16H23NO4. The van der Waals surface area contributed by atoms with Crippen molar-refractivity contribution in [1.82, 2.24) is 5.32 Å². The minimum Gasteiger partial charge on any atom is -0.493 e. The minimum absolute atomic E-state index is 0.0100. The number of methoxy groups -OCH3 is 2. The van der Waals surface area contributed by atoms with Gasteiger partial charge in [0.1, 0.15) is 0 Å². The van der Waals surface area contributed by atoms with Crippen molar-refractivity contribution < 1.29 is 19.0 Å². The molecule has 0 radical (unpaired) electrons. The number of amides is 1. The molecule has 1 aliphatic rings. The summed E-state index contributed by atoms with van der Waals surface area (Å²) in [5.74, 6) is 1.34. The molecule has 116 valence electrons. The lowest BCUT2D eigenvalue weighted by Gasteiger charge is -2.28. The van der Waals surface area contributed by atoms with Gasteiger partial charge in [-0.3, -0.25) is 4.79 Å². The molecule has 2 atom stereocenters. The Labute approximate surface area is 125 Å². The van der Waals surface area contributed by atoms with Gasteiger partial charge in [-0.15, -0.1) is 0 Å². The van der Waals surface area contributed by atoms with Gasteiger partial charge in [-0.05, 0) is 37.5 Å². The van der Waals surface area contributed by atoms with Crippen LogP contribution < -0.4 is 14.8 Å². The highest BCUT2D eigenvalue weighted by Gasteiger charge is 2.28. The molecule has 1 fully saturated rings. The van der Waals surface area contributed by atoms with Gasteiger partial charge in [-0.1, -0.05) is 6.07 Å². The zero-order chi connectivity index (χ0) is 15.2. The van der Waals surface area contributed by atoms with E-state index >= 15 is 0 Å². The highest BCUT2D eigenvalue weighted by Crippen LogP contribution is 2.27. The van der Waals surface area contributed by atoms with E-state index in [1.54, 1.807) is 14.2 Å². The van der Waals surface area contributed by atoms with Gasteiger partial charge in [0.2, 0.25) is 5.91 Å². The average Bonchev–Trinajstić information content (AvgIpc) is 2.52. The fourth-order valence-corrected chi connectivity index (χ4v) is 2.58. The highest BCUT2D eigenvalue weighted by molar-refractivity contribution is 5.79. The van der Waals surface area contributed by atoms with E-state index in [9.17, 15) is 4.79 Å². The second kappa shape index (κ2) is 7.31. The van der Waals surface area contributed by atoms with Crippen molar-refractivity contribution in [2.75, 3.05) is 20.8 Å². The summed E-state index contributed by atoms with van der Waals surface area (Å²) in [5, 5.41) is 2.97. The monoisotopic (exact) mass is 293 g/mol. The van der Waals surface area contributed by atoms with Crippen LogP contribution in [0, 0.1) is 5.92 Å². The zero-order valence-corrected chi connectivity index (χ0v) is 12.8. The number of carbonyl (C=O) groups excluding carboxylic acids is 1. The first-order valence-corrected chi connectivity index (χ1v) is 7.26. The van der Waals surface area contributed by atoms with Gasteiger partial charge in [0, 0.05) is 13.2 Å². The van der Waals surface area contributed by atoms with E-state index in [0.717, 1.165) is 25.0 Å². The molecule has 1 aliphatic heterocycles. The molecule has 0 aliphatic carbocycles. The Balaban J connectivity index is 1.94. The number of rotatable bonds is 5. The summed E-state index contributed by atoms with van der Waals surface area (Å²) in [6.45, 7) is 3.18. The first-order chi connectivity index (χ1) is 10.2. The molecule has 0 unspecified atom stereocenters. The number of ether oxygens (including phenoxy) is 3. The molecule has 1 heterocycles. The SMILES string of the molecule is COc1ccc(CNC(=O)[C@H]2CCCO[C@@H]2C)cc1OC. The van der Waals surface area contributed by atoms with Crippen molar-refractivity contribution in [3.8, 4) is 11.5 Å². The molecule has 0 aromatic heterocycles. The molecule has 1 aromatic rings. The molecule has 0 spiro atoms. The highest BCUT2D eigenvalue weighted by atomic mass is 16.5. The van der Waals surface area contributed by atoms with Crippen molar-refractivity contribution in [1.29, 1.82) is 0 Å². The summed E-state index contributed by atoms with van der Waals surface area (Å²) in [5.41, 5.74) is 0.977. The van der Waals surface area contributed by atoms with E-state index in [-0.39, 0.29) is 17.9 Å². The predicted molar refractivity (Wildman–Crippen MR) is 79.5 cm³/mol. The number of benzene rings is 1. The predicted octanol–water partition coefficient (Wildman–Crippen LogP) is 2.14. The van der Waals surface area contributed by atoms with Crippen molar-refractivity contribution in [3.05, 3.63) is 23.8 Å². The normalized spacial score (nSPS) is 21.7. The lowest BCUT2D eigenvalue weighted by molar-refractivity contribution is -0.133. The second-order valence-corrected chi connectivity index (χ2v) is 5.23. The Morgan fingerprint density at radius 1 is 1.33 bits per heavy atom. The Hall–Kier alpha value is -1.75. The van der Waals surface area contributed by atoms with Crippen molar-refractivity contribution in [2.24, 2.45) is 5.92 Å². The third-order valence-corrected chi connectivity index (χ3v) is 3.86. The third kappa shape index (κ3) is 3.88. The van der Waals surface area contributed by atoms with Crippen LogP contribution in [0.2, 0.25) is 0 Å². The molecule has 1 saturated heterocycles. The standard InChI is InChI=1S/C16H23NO4/c1-11-13(5-4-8-21-11)16(18)17-10-12-6-7-14(19-2)15(9-12)20-3/h6-7,9,11,13H,4-5,8,10H2,1-3H3,(H,17,18)/t11-,13+/m1/s1. The van der Waals surface area contributed by atoms with Gasteiger partial charge < -0.3 is 19.5 Å². The molecule has 1 N–H and O–H groups in total. The molecule has 5 nitrogen and oxygen atoms in total. The van der Waals surface area contributed by atoms with E-state index in [1.165, 1.54) is 0 Å². The van der Waals surface area contributed by atoms with Crippen LogP contribution in [-0.2, 0) is 16.1 Å².